The van der Waals surface area contributed by atoms with Crippen molar-refractivity contribution >= 4 is 6.29 Å². The van der Waals surface area contributed by atoms with Gasteiger partial charge in [-0.1, -0.05) is 0 Å². The van der Waals surface area contributed by atoms with Gasteiger partial charge in [0.15, 0.2) is 0 Å². The van der Waals surface area contributed by atoms with Crippen molar-refractivity contribution in [2.75, 3.05) is 19.6 Å². The molecular formula is C9H18N2O. The Kier molecular flexibility index (Phi) is 3.69. The Hall–Kier alpha value is -0.410. The van der Waals surface area contributed by atoms with E-state index in [0.29, 0.717) is 6.54 Å². The summed E-state index contributed by atoms with van der Waals surface area (Å²) in [7, 11) is 0. The molecule has 0 bridgehead atoms. The number of aldehydes is 1. The Morgan fingerprint density at radius 3 is 2.58 bits per heavy atom. The van der Waals surface area contributed by atoms with Crippen molar-refractivity contribution < 1.29 is 4.79 Å². The highest BCUT2D eigenvalue weighted by atomic mass is 16.1. The molecule has 0 aromatic rings. The lowest BCUT2D eigenvalue weighted by Gasteiger charge is -2.32. The van der Waals surface area contributed by atoms with Gasteiger partial charge >= 0.3 is 0 Å². The number of rotatable bonds is 4. The summed E-state index contributed by atoms with van der Waals surface area (Å²) < 4.78 is 0. The van der Waals surface area contributed by atoms with Gasteiger partial charge in [-0.15, -0.1) is 0 Å². The van der Waals surface area contributed by atoms with E-state index in [-0.39, 0.29) is 5.41 Å². The second kappa shape index (κ2) is 4.58. The molecule has 70 valence electrons. The van der Waals surface area contributed by atoms with Crippen LogP contribution in [0.1, 0.15) is 25.7 Å². The molecule has 0 atom stereocenters. The Labute approximate surface area is 73.7 Å². The van der Waals surface area contributed by atoms with Gasteiger partial charge in [-0.3, -0.25) is 0 Å². The Balaban J connectivity index is 2.42. The van der Waals surface area contributed by atoms with Crippen LogP contribution >= 0.6 is 0 Å². The van der Waals surface area contributed by atoms with Crippen LogP contribution in [0, 0.1) is 5.41 Å². The van der Waals surface area contributed by atoms with Crippen molar-refractivity contribution in [3.63, 3.8) is 0 Å². The van der Waals surface area contributed by atoms with Crippen LogP contribution in [0.5, 0.6) is 0 Å². The van der Waals surface area contributed by atoms with Gasteiger partial charge in [0.05, 0.1) is 0 Å². The van der Waals surface area contributed by atoms with E-state index < -0.39 is 0 Å². The first-order valence-corrected chi connectivity index (χ1v) is 4.70. The molecule has 0 saturated carbocycles. The van der Waals surface area contributed by atoms with E-state index in [1.165, 1.54) is 0 Å². The number of piperidine rings is 1. The second-order valence-corrected chi connectivity index (χ2v) is 3.62. The maximum absolute atomic E-state index is 10.9. The van der Waals surface area contributed by atoms with E-state index in [0.717, 1.165) is 45.1 Å². The zero-order valence-electron chi connectivity index (χ0n) is 7.51. The van der Waals surface area contributed by atoms with Gasteiger partial charge in [0.25, 0.3) is 0 Å². The summed E-state index contributed by atoms with van der Waals surface area (Å²) in [6.45, 7) is 2.65. The first-order valence-electron chi connectivity index (χ1n) is 4.70. The van der Waals surface area contributed by atoms with Gasteiger partial charge in [0.2, 0.25) is 0 Å². The van der Waals surface area contributed by atoms with Crippen LogP contribution in [0.2, 0.25) is 0 Å². The molecule has 1 rings (SSSR count). The van der Waals surface area contributed by atoms with Crippen molar-refractivity contribution in [3.05, 3.63) is 0 Å². The molecule has 0 amide bonds. The number of nitrogens with two attached hydrogens (primary N) is 1. The van der Waals surface area contributed by atoms with Gasteiger partial charge in [0.1, 0.15) is 6.29 Å². The lowest BCUT2D eigenvalue weighted by molar-refractivity contribution is -0.118. The molecule has 1 heterocycles. The first kappa shape index (κ1) is 9.68. The Bertz CT molecular complexity index is 141. The molecule has 1 aliphatic rings. The number of nitrogens with one attached hydrogen (secondary N) is 1. The summed E-state index contributed by atoms with van der Waals surface area (Å²) in [5.74, 6) is 0. The topological polar surface area (TPSA) is 55.1 Å². The van der Waals surface area contributed by atoms with Crippen LogP contribution in [-0.2, 0) is 4.79 Å². The maximum atomic E-state index is 10.9. The zero-order valence-corrected chi connectivity index (χ0v) is 7.51. The fraction of sp³-hybridized carbons (Fsp3) is 0.889. The summed E-state index contributed by atoms with van der Waals surface area (Å²) >= 11 is 0. The van der Waals surface area contributed by atoms with Crippen LogP contribution < -0.4 is 11.1 Å². The van der Waals surface area contributed by atoms with Crippen LogP contribution in [0.4, 0.5) is 0 Å². The highest BCUT2D eigenvalue weighted by Gasteiger charge is 2.30. The second-order valence-electron chi connectivity index (χ2n) is 3.62. The third kappa shape index (κ3) is 2.29. The lowest BCUT2D eigenvalue weighted by Crippen LogP contribution is -2.38. The molecule has 12 heavy (non-hydrogen) atoms. The third-order valence-corrected chi connectivity index (χ3v) is 2.73. The van der Waals surface area contributed by atoms with Crippen molar-refractivity contribution in [1.82, 2.24) is 5.32 Å². The van der Waals surface area contributed by atoms with Crippen molar-refractivity contribution in [2.45, 2.75) is 25.7 Å². The summed E-state index contributed by atoms with van der Waals surface area (Å²) in [5.41, 5.74) is 5.38. The monoisotopic (exact) mass is 170 g/mol. The minimum absolute atomic E-state index is 0.0510. The average molecular weight is 170 g/mol. The molecule has 3 N–H and O–H groups in total. The fourth-order valence-corrected chi connectivity index (χ4v) is 1.81. The molecule has 0 spiro atoms. The number of carbonyl (C=O) groups is 1. The van der Waals surface area contributed by atoms with Gasteiger partial charge in [0, 0.05) is 5.41 Å². The highest BCUT2D eigenvalue weighted by molar-refractivity contribution is 5.59. The van der Waals surface area contributed by atoms with Gasteiger partial charge in [-0.25, -0.2) is 0 Å². The molecule has 1 aliphatic heterocycles. The van der Waals surface area contributed by atoms with E-state index in [2.05, 4.69) is 5.32 Å². The van der Waals surface area contributed by atoms with Gasteiger partial charge in [-0.2, -0.15) is 0 Å². The van der Waals surface area contributed by atoms with Crippen LogP contribution in [0.3, 0.4) is 0 Å². The molecule has 0 aromatic heterocycles. The predicted molar refractivity (Wildman–Crippen MR) is 48.9 cm³/mol. The summed E-state index contributed by atoms with van der Waals surface area (Å²) in [5, 5.41) is 3.26. The molecule has 0 aromatic carbocycles. The van der Waals surface area contributed by atoms with E-state index in [1.54, 1.807) is 0 Å². The molecule has 1 fully saturated rings. The average Bonchev–Trinajstić information content (AvgIpc) is 2.16. The minimum atomic E-state index is -0.0510. The molecule has 0 aliphatic carbocycles. The molecule has 3 heteroatoms. The van der Waals surface area contributed by atoms with Crippen molar-refractivity contribution in [1.29, 1.82) is 0 Å². The third-order valence-electron chi connectivity index (χ3n) is 2.73. The van der Waals surface area contributed by atoms with E-state index >= 15 is 0 Å². The standard InChI is InChI=1S/C9H18N2O/c10-5-1-2-9(8-12)3-6-11-7-4-9/h8,11H,1-7,10H2. The molecular weight excluding hydrogens is 152 g/mol. The minimum Gasteiger partial charge on any atom is -0.330 e. The summed E-state index contributed by atoms with van der Waals surface area (Å²) in [4.78, 5) is 10.9. The number of hydrogen-bond acceptors (Lipinski definition) is 3. The summed E-state index contributed by atoms with van der Waals surface area (Å²) in [6.07, 6.45) is 5.05. The lowest BCUT2D eigenvalue weighted by atomic mass is 9.77. The molecule has 0 unspecified atom stereocenters. The van der Waals surface area contributed by atoms with Crippen molar-refractivity contribution in [3.8, 4) is 0 Å². The van der Waals surface area contributed by atoms with Crippen LogP contribution in [0.15, 0.2) is 0 Å². The van der Waals surface area contributed by atoms with E-state index in [1.807, 2.05) is 0 Å². The van der Waals surface area contributed by atoms with E-state index in [9.17, 15) is 4.79 Å². The maximum Gasteiger partial charge on any atom is 0.126 e. The zero-order chi connectivity index (χ0) is 8.86. The quantitative estimate of drug-likeness (QED) is 0.596. The SMILES string of the molecule is NCCCC1(C=O)CCNCC1. The smallest absolute Gasteiger partial charge is 0.126 e. The predicted octanol–water partition coefficient (Wildman–Crippen LogP) is 0.294. The van der Waals surface area contributed by atoms with E-state index in [4.69, 9.17) is 5.73 Å². The van der Waals surface area contributed by atoms with Crippen LogP contribution in [-0.4, -0.2) is 25.9 Å². The van der Waals surface area contributed by atoms with Gasteiger partial charge < -0.3 is 15.8 Å². The largest absolute Gasteiger partial charge is 0.330 e. The molecule has 0 radical (unpaired) electrons. The highest BCUT2D eigenvalue weighted by Crippen LogP contribution is 2.31. The van der Waals surface area contributed by atoms with Crippen molar-refractivity contribution in [2.24, 2.45) is 11.1 Å². The molecule has 3 nitrogen and oxygen atoms in total. The van der Waals surface area contributed by atoms with Crippen LogP contribution in [0.25, 0.3) is 0 Å². The Morgan fingerprint density at radius 2 is 2.08 bits per heavy atom. The fourth-order valence-electron chi connectivity index (χ4n) is 1.81. The first-order chi connectivity index (χ1) is 5.83. The number of hydrogen-bond donors (Lipinski definition) is 2. The normalized spacial score (nSPS) is 22.1. The van der Waals surface area contributed by atoms with Gasteiger partial charge in [-0.05, 0) is 45.3 Å². The number of carbonyl (C=O) groups excluding carboxylic acids is 1. The summed E-state index contributed by atoms with van der Waals surface area (Å²) in [6, 6.07) is 0. The molecule has 1 saturated heterocycles. The Morgan fingerprint density at radius 1 is 1.42 bits per heavy atom.